The minimum atomic E-state index is -0.0924. The van der Waals surface area contributed by atoms with E-state index in [-0.39, 0.29) is 5.91 Å². The summed E-state index contributed by atoms with van der Waals surface area (Å²) in [6.45, 7) is 1.26. The Bertz CT molecular complexity index is 674. The Kier molecular flexibility index (Phi) is 6.90. The van der Waals surface area contributed by atoms with Gasteiger partial charge in [-0.3, -0.25) is 4.79 Å². The first kappa shape index (κ1) is 18.1. The van der Waals surface area contributed by atoms with Gasteiger partial charge < -0.3 is 20.1 Å². The molecule has 0 heterocycles. The minimum absolute atomic E-state index is 0.0924. The van der Waals surface area contributed by atoms with Crippen LogP contribution < -0.4 is 20.1 Å². The predicted octanol–water partition coefficient (Wildman–Crippen LogP) is 3.48. The van der Waals surface area contributed by atoms with E-state index in [1.54, 1.807) is 32.4 Å². The Morgan fingerprint density at radius 2 is 1.83 bits per heavy atom. The maximum atomic E-state index is 12.1. The number of ether oxygens (including phenoxy) is 2. The average Bonchev–Trinajstić information content (AvgIpc) is 2.60. The first-order chi connectivity index (χ1) is 11.6. The van der Waals surface area contributed by atoms with Crippen LogP contribution >= 0.6 is 11.6 Å². The number of hydrogen-bond donors (Lipinski definition) is 2. The summed E-state index contributed by atoms with van der Waals surface area (Å²) < 4.78 is 10.4. The van der Waals surface area contributed by atoms with Gasteiger partial charge in [-0.05, 0) is 29.8 Å². The van der Waals surface area contributed by atoms with Crippen LogP contribution in [0.1, 0.15) is 12.0 Å². The average molecular weight is 349 g/mol. The monoisotopic (exact) mass is 348 g/mol. The molecule has 0 atom stereocenters. The molecular weight excluding hydrogens is 328 g/mol. The fourth-order valence-electron chi connectivity index (χ4n) is 2.16. The van der Waals surface area contributed by atoms with E-state index in [2.05, 4.69) is 10.6 Å². The van der Waals surface area contributed by atoms with Crippen LogP contribution in [-0.2, 0) is 11.3 Å². The summed E-state index contributed by atoms with van der Waals surface area (Å²) >= 11 is 5.85. The lowest BCUT2D eigenvalue weighted by Gasteiger charge is -2.12. The number of anilines is 1. The van der Waals surface area contributed by atoms with Crippen LogP contribution in [0.5, 0.6) is 11.5 Å². The smallest absolute Gasteiger partial charge is 0.225 e. The van der Waals surface area contributed by atoms with Gasteiger partial charge in [-0.2, -0.15) is 0 Å². The number of carbonyl (C=O) groups is 1. The third-order valence-electron chi connectivity index (χ3n) is 3.45. The van der Waals surface area contributed by atoms with Crippen molar-refractivity contribution in [2.75, 3.05) is 26.1 Å². The number of carbonyl (C=O) groups excluding carboxylic acids is 1. The van der Waals surface area contributed by atoms with Crippen LogP contribution in [0.25, 0.3) is 0 Å². The number of methoxy groups -OCH3 is 2. The topological polar surface area (TPSA) is 59.6 Å². The summed E-state index contributed by atoms with van der Waals surface area (Å²) in [4.78, 5) is 12.1. The Labute approximate surface area is 146 Å². The van der Waals surface area contributed by atoms with Gasteiger partial charge in [-0.25, -0.2) is 0 Å². The summed E-state index contributed by atoms with van der Waals surface area (Å²) in [7, 11) is 3.14. The zero-order valence-corrected chi connectivity index (χ0v) is 14.5. The normalized spacial score (nSPS) is 10.3. The largest absolute Gasteiger partial charge is 0.497 e. The second-order valence-corrected chi connectivity index (χ2v) is 5.60. The number of rotatable bonds is 8. The van der Waals surface area contributed by atoms with Gasteiger partial charge in [0.15, 0.2) is 0 Å². The van der Waals surface area contributed by atoms with Gasteiger partial charge in [-0.15, -0.1) is 0 Å². The van der Waals surface area contributed by atoms with Crippen molar-refractivity contribution < 1.29 is 14.3 Å². The van der Waals surface area contributed by atoms with Crippen molar-refractivity contribution in [1.82, 2.24) is 5.32 Å². The molecule has 0 aliphatic heterocycles. The summed E-state index contributed by atoms with van der Waals surface area (Å²) in [5.74, 6) is 1.16. The van der Waals surface area contributed by atoms with Crippen LogP contribution in [0, 0.1) is 0 Å². The quantitative estimate of drug-likeness (QED) is 0.717. The molecule has 0 bridgehead atoms. The lowest BCUT2D eigenvalue weighted by atomic mass is 10.2. The highest BCUT2D eigenvalue weighted by Gasteiger charge is 2.09. The van der Waals surface area contributed by atoms with Crippen molar-refractivity contribution in [3.8, 4) is 11.5 Å². The molecule has 0 spiro atoms. The van der Waals surface area contributed by atoms with Crippen LogP contribution in [-0.4, -0.2) is 26.7 Å². The van der Waals surface area contributed by atoms with Crippen molar-refractivity contribution in [1.29, 1.82) is 0 Å². The summed E-state index contributed by atoms with van der Waals surface area (Å²) in [5.41, 5.74) is 1.72. The van der Waals surface area contributed by atoms with E-state index >= 15 is 0 Å². The van der Waals surface area contributed by atoms with E-state index in [4.69, 9.17) is 21.1 Å². The highest BCUT2D eigenvalue weighted by Crippen LogP contribution is 2.28. The molecule has 2 aromatic rings. The first-order valence-corrected chi connectivity index (χ1v) is 7.97. The molecule has 0 radical (unpaired) electrons. The van der Waals surface area contributed by atoms with Gasteiger partial charge in [-0.1, -0.05) is 23.7 Å². The number of benzene rings is 2. The van der Waals surface area contributed by atoms with E-state index in [0.717, 1.165) is 5.56 Å². The van der Waals surface area contributed by atoms with Gasteiger partial charge in [0.25, 0.3) is 0 Å². The van der Waals surface area contributed by atoms with Crippen molar-refractivity contribution in [3.05, 3.63) is 53.1 Å². The lowest BCUT2D eigenvalue weighted by Crippen LogP contribution is -2.21. The van der Waals surface area contributed by atoms with E-state index in [1.165, 1.54) is 0 Å². The fraction of sp³-hybridized carbons (Fsp3) is 0.278. The molecule has 0 unspecified atom stereocenters. The molecule has 1 amide bonds. The van der Waals surface area contributed by atoms with Crippen LogP contribution in [0.4, 0.5) is 5.69 Å². The molecule has 24 heavy (non-hydrogen) atoms. The first-order valence-electron chi connectivity index (χ1n) is 7.59. The van der Waals surface area contributed by atoms with Gasteiger partial charge in [0.05, 0.1) is 19.9 Å². The SMILES string of the molecule is COc1ccc(OC)c(NC(=O)CCNCc2ccc(Cl)cc2)c1. The molecule has 0 aliphatic rings. The van der Waals surface area contributed by atoms with Gasteiger partial charge >= 0.3 is 0 Å². The van der Waals surface area contributed by atoms with E-state index in [0.29, 0.717) is 41.7 Å². The van der Waals surface area contributed by atoms with Crippen molar-refractivity contribution in [2.24, 2.45) is 0 Å². The molecule has 0 aromatic heterocycles. The van der Waals surface area contributed by atoms with E-state index < -0.39 is 0 Å². The maximum Gasteiger partial charge on any atom is 0.225 e. The molecule has 0 aliphatic carbocycles. The standard InChI is InChI=1S/C18H21ClN2O3/c1-23-15-7-8-17(24-2)16(11-15)21-18(22)9-10-20-12-13-3-5-14(19)6-4-13/h3-8,11,20H,9-10,12H2,1-2H3,(H,21,22). The zero-order valence-electron chi connectivity index (χ0n) is 13.8. The molecule has 0 saturated carbocycles. The van der Waals surface area contributed by atoms with E-state index in [9.17, 15) is 4.79 Å². The molecule has 2 rings (SSSR count). The number of nitrogens with one attached hydrogen (secondary N) is 2. The lowest BCUT2D eigenvalue weighted by molar-refractivity contribution is -0.116. The van der Waals surface area contributed by atoms with Gasteiger partial charge in [0.2, 0.25) is 5.91 Å². The third kappa shape index (κ3) is 5.44. The van der Waals surface area contributed by atoms with Crippen LogP contribution in [0.3, 0.4) is 0 Å². The van der Waals surface area contributed by atoms with Crippen molar-refractivity contribution in [2.45, 2.75) is 13.0 Å². The molecule has 5 nitrogen and oxygen atoms in total. The van der Waals surface area contributed by atoms with Crippen LogP contribution in [0.15, 0.2) is 42.5 Å². The second-order valence-electron chi connectivity index (χ2n) is 5.17. The van der Waals surface area contributed by atoms with Crippen LogP contribution in [0.2, 0.25) is 5.02 Å². The summed E-state index contributed by atoms with van der Waals surface area (Å²) in [6, 6.07) is 12.9. The number of halogens is 1. The van der Waals surface area contributed by atoms with Crippen molar-refractivity contribution in [3.63, 3.8) is 0 Å². The van der Waals surface area contributed by atoms with Gasteiger partial charge in [0.1, 0.15) is 11.5 Å². The Morgan fingerprint density at radius 3 is 2.50 bits per heavy atom. The van der Waals surface area contributed by atoms with E-state index in [1.807, 2.05) is 24.3 Å². The molecule has 128 valence electrons. The second kappa shape index (κ2) is 9.15. The summed E-state index contributed by atoms with van der Waals surface area (Å²) in [6.07, 6.45) is 0.355. The third-order valence-corrected chi connectivity index (χ3v) is 3.70. The highest BCUT2D eigenvalue weighted by molar-refractivity contribution is 6.30. The van der Waals surface area contributed by atoms with Gasteiger partial charge in [0, 0.05) is 30.6 Å². The summed E-state index contributed by atoms with van der Waals surface area (Å²) in [5, 5.41) is 6.78. The van der Waals surface area contributed by atoms with Crippen molar-refractivity contribution >= 4 is 23.2 Å². The Hall–Kier alpha value is -2.24. The Morgan fingerprint density at radius 1 is 1.08 bits per heavy atom. The fourth-order valence-corrected chi connectivity index (χ4v) is 2.29. The number of amides is 1. The predicted molar refractivity (Wildman–Crippen MR) is 96.0 cm³/mol. The number of hydrogen-bond acceptors (Lipinski definition) is 4. The molecular formula is C18H21ClN2O3. The maximum absolute atomic E-state index is 12.1. The molecule has 0 fully saturated rings. The Balaban J connectivity index is 1.80. The molecule has 2 N–H and O–H groups in total. The minimum Gasteiger partial charge on any atom is -0.497 e. The zero-order chi connectivity index (χ0) is 17.4. The molecule has 0 saturated heterocycles. The molecule has 2 aromatic carbocycles. The highest BCUT2D eigenvalue weighted by atomic mass is 35.5. The molecule has 6 heteroatoms.